The van der Waals surface area contributed by atoms with E-state index in [9.17, 15) is 10.1 Å². The van der Waals surface area contributed by atoms with Crippen molar-refractivity contribution in [3.05, 3.63) is 40.6 Å². The highest BCUT2D eigenvalue weighted by molar-refractivity contribution is 5.77. The highest BCUT2D eigenvalue weighted by atomic mass is 16.1. The molecule has 0 bridgehead atoms. The van der Waals surface area contributed by atoms with E-state index in [0.29, 0.717) is 17.0 Å². The highest BCUT2D eigenvalue weighted by Crippen LogP contribution is 2.30. The standard InChI is InChI=1S/C23H29N9O/c1-29-6-8-30(9-7-29)10-11-31-16-19(15-26-31)27-23-25-14-18-12-17(13-24)22(33)32(21(18)28-23)20-4-2-3-5-20/h12,14-16,20H,2-11H2,1H3,(H,25,27,28). The lowest BCUT2D eigenvalue weighted by Gasteiger charge is -2.32. The Hall–Kier alpha value is -3.29. The number of hydrogen-bond donors (Lipinski definition) is 1. The zero-order chi connectivity index (χ0) is 22.8. The Balaban J connectivity index is 1.34. The normalized spacial score (nSPS) is 18.1. The predicted octanol–water partition coefficient (Wildman–Crippen LogP) is 1.97. The predicted molar refractivity (Wildman–Crippen MR) is 125 cm³/mol. The summed E-state index contributed by atoms with van der Waals surface area (Å²) in [5, 5.41) is 17.8. The number of pyridine rings is 1. The van der Waals surface area contributed by atoms with Gasteiger partial charge in [-0.3, -0.25) is 18.9 Å². The minimum atomic E-state index is -0.265. The second-order valence-electron chi connectivity index (χ2n) is 9.02. The van der Waals surface area contributed by atoms with Gasteiger partial charge in [-0.05, 0) is 26.0 Å². The Morgan fingerprint density at radius 3 is 2.70 bits per heavy atom. The maximum absolute atomic E-state index is 12.9. The van der Waals surface area contributed by atoms with Crippen LogP contribution >= 0.6 is 0 Å². The summed E-state index contributed by atoms with van der Waals surface area (Å²) >= 11 is 0. The smallest absolute Gasteiger partial charge is 0.270 e. The number of likely N-dealkylation sites (N-methyl/N-ethyl adjacent to an activating group) is 1. The van der Waals surface area contributed by atoms with Gasteiger partial charge in [0.2, 0.25) is 5.95 Å². The monoisotopic (exact) mass is 447 g/mol. The molecule has 10 heteroatoms. The molecule has 0 atom stereocenters. The minimum Gasteiger partial charge on any atom is -0.321 e. The van der Waals surface area contributed by atoms with E-state index < -0.39 is 0 Å². The first-order valence-corrected chi connectivity index (χ1v) is 11.6. The fraction of sp³-hybridized carbons (Fsp3) is 0.522. The molecule has 0 aromatic carbocycles. The maximum Gasteiger partial charge on any atom is 0.270 e. The van der Waals surface area contributed by atoms with Crippen LogP contribution in [0.25, 0.3) is 11.0 Å². The molecule has 0 radical (unpaired) electrons. The van der Waals surface area contributed by atoms with Crippen LogP contribution in [0.4, 0.5) is 11.6 Å². The second kappa shape index (κ2) is 9.29. The Morgan fingerprint density at radius 2 is 1.94 bits per heavy atom. The molecular formula is C23H29N9O. The van der Waals surface area contributed by atoms with Crippen molar-refractivity contribution in [2.75, 3.05) is 45.1 Å². The number of fused-ring (bicyclic) bond motifs is 1. The number of nitrogens with one attached hydrogen (secondary N) is 1. The van der Waals surface area contributed by atoms with E-state index in [1.807, 2.05) is 16.9 Å². The number of hydrogen-bond acceptors (Lipinski definition) is 8. The van der Waals surface area contributed by atoms with Gasteiger partial charge in [0, 0.05) is 56.5 Å². The topological polar surface area (TPSA) is 108 Å². The molecule has 0 amide bonds. The van der Waals surface area contributed by atoms with Gasteiger partial charge in [0.05, 0.1) is 18.4 Å². The van der Waals surface area contributed by atoms with E-state index in [4.69, 9.17) is 0 Å². The molecule has 3 aromatic rings. The van der Waals surface area contributed by atoms with Gasteiger partial charge in [0.15, 0.2) is 0 Å². The second-order valence-corrected chi connectivity index (χ2v) is 9.02. The van der Waals surface area contributed by atoms with Crippen LogP contribution in [0.1, 0.15) is 37.3 Å². The number of piperazine rings is 1. The summed E-state index contributed by atoms with van der Waals surface area (Å²) in [6.45, 7) is 6.17. The molecule has 2 fully saturated rings. The van der Waals surface area contributed by atoms with Crippen LogP contribution in [-0.2, 0) is 6.54 Å². The Kier molecular flexibility index (Phi) is 6.07. The van der Waals surface area contributed by atoms with E-state index in [1.54, 1.807) is 23.0 Å². The lowest BCUT2D eigenvalue weighted by Crippen LogP contribution is -2.45. The first-order valence-electron chi connectivity index (χ1n) is 11.6. The summed E-state index contributed by atoms with van der Waals surface area (Å²) in [4.78, 5) is 26.8. The van der Waals surface area contributed by atoms with Crippen LogP contribution < -0.4 is 10.9 Å². The molecule has 0 unspecified atom stereocenters. The maximum atomic E-state index is 12.9. The number of anilines is 2. The quantitative estimate of drug-likeness (QED) is 0.611. The van der Waals surface area contributed by atoms with Gasteiger partial charge in [0.1, 0.15) is 17.3 Å². The van der Waals surface area contributed by atoms with Crippen LogP contribution in [-0.4, -0.2) is 73.9 Å². The van der Waals surface area contributed by atoms with E-state index in [1.165, 1.54) is 0 Å². The summed E-state index contributed by atoms with van der Waals surface area (Å²) < 4.78 is 3.63. The summed E-state index contributed by atoms with van der Waals surface area (Å²) in [7, 11) is 2.16. The van der Waals surface area contributed by atoms with Gasteiger partial charge in [-0.1, -0.05) is 12.8 Å². The zero-order valence-electron chi connectivity index (χ0n) is 18.9. The van der Waals surface area contributed by atoms with Crippen LogP contribution in [0.2, 0.25) is 0 Å². The Morgan fingerprint density at radius 1 is 1.15 bits per heavy atom. The molecule has 0 spiro atoms. The van der Waals surface area contributed by atoms with Crippen LogP contribution in [0.5, 0.6) is 0 Å². The number of aromatic nitrogens is 5. The van der Waals surface area contributed by atoms with Crippen molar-refractivity contribution in [3.63, 3.8) is 0 Å². The summed E-state index contributed by atoms with van der Waals surface area (Å²) in [6.07, 6.45) is 9.41. The molecular weight excluding hydrogens is 418 g/mol. The van der Waals surface area contributed by atoms with E-state index >= 15 is 0 Å². The van der Waals surface area contributed by atoms with Crippen molar-refractivity contribution < 1.29 is 0 Å². The summed E-state index contributed by atoms with van der Waals surface area (Å²) in [6, 6.07) is 3.69. The molecule has 33 heavy (non-hydrogen) atoms. The molecule has 10 nitrogen and oxygen atoms in total. The summed E-state index contributed by atoms with van der Waals surface area (Å²) in [5.74, 6) is 0.414. The fourth-order valence-corrected chi connectivity index (χ4v) is 4.76. The lowest BCUT2D eigenvalue weighted by molar-refractivity contribution is 0.149. The van der Waals surface area contributed by atoms with E-state index in [0.717, 1.165) is 70.6 Å². The molecule has 1 aliphatic heterocycles. The van der Waals surface area contributed by atoms with Gasteiger partial charge in [-0.15, -0.1) is 0 Å². The first kappa shape index (κ1) is 21.6. The van der Waals surface area contributed by atoms with Crippen molar-refractivity contribution in [1.29, 1.82) is 5.26 Å². The third-order valence-electron chi connectivity index (χ3n) is 6.71. The molecule has 4 heterocycles. The van der Waals surface area contributed by atoms with Gasteiger partial charge in [-0.2, -0.15) is 15.3 Å². The van der Waals surface area contributed by atoms with E-state index in [2.05, 4.69) is 37.2 Å². The average Bonchev–Trinajstić information content (AvgIpc) is 3.51. The third kappa shape index (κ3) is 4.60. The molecule has 5 rings (SSSR count). The molecule has 1 saturated carbocycles. The van der Waals surface area contributed by atoms with Crippen LogP contribution in [0.15, 0.2) is 29.5 Å². The van der Waals surface area contributed by atoms with E-state index in [-0.39, 0.29) is 17.2 Å². The SMILES string of the molecule is CN1CCN(CCn2cc(Nc3ncc4cc(C#N)c(=O)n(C5CCCC5)c4n3)cn2)CC1. The van der Waals surface area contributed by atoms with Gasteiger partial charge in [0.25, 0.3) is 5.56 Å². The van der Waals surface area contributed by atoms with Crippen molar-refractivity contribution in [2.45, 2.75) is 38.3 Å². The van der Waals surface area contributed by atoms with Crippen molar-refractivity contribution >= 4 is 22.7 Å². The van der Waals surface area contributed by atoms with Gasteiger partial charge < -0.3 is 10.2 Å². The fourth-order valence-electron chi connectivity index (χ4n) is 4.76. The van der Waals surface area contributed by atoms with Crippen molar-refractivity contribution in [2.24, 2.45) is 0 Å². The third-order valence-corrected chi connectivity index (χ3v) is 6.71. The Bertz CT molecular complexity index is 1230. The number of nitrogens with zero attached hydrogens (tertiary/aromatic N) is 8. The Labute approximate surface area is 192 Å². The van der Waals surface area contributed by atoms with Crippen LogP contribution in [0.3, 0.4) is 0 Å². The van der Waals surface area contributed by atoms with Crippen LogP contribution in [0, 0.1) is 11.3 Å². The number of nitriles is 1. The molecule has 3 aromatic heterocycles. The van der Waals surface area contributed by atoms with Gasteiger partial charge >= 0.3 is 0 Å². The molecule has 2 aliphatic rings. The molecule has 172 valence electrons. The summed E-state index contributed by atoms with van der Waals surface area (Å²) in [5.41, 5.74) is 1.25. The van der Waals surface area contributed by atoms with Crippen molar-refractivity contribution in [1.82, 2.24) is 34.1 Å². The first-order chi connectivity index (χ1) is 16.1. The average molecular weight is 448 g/mol. The molecule has 1 aliphatic carbocycles. The minimum absolute atomic E-state index is 0.0772. The highest BCUT2D eigenvalue weighted by Gasteiger charge is 2.23. The molecule has 1 N–H and O–H groups in total. The van der Waals surface area contributed by atoms with Gasteiger partial charge in [-0.25, -0.2) is 4.98 Å². The lowest BCUT2D eigenvalue weighted by atomic mass is 10.2. The number of rotatable bonds is 6. The molecule has 1 saturated heterocycles. The zero-order valence-corrected chi connectivity index (χ0v) is 18.9. The largest absolute Gasteiger partial charge is 0.321 e. The van der Waals surface area contributed by atoms with Crippen molar-refractivity contribution in [3.8, 4) is 6.07 Å².